The van der Waals surface area contributed by atoms with E-state index in [-0.39, 0.29) is 5.78 Å². The van der Waals surface area contributed by atoms with E-state index < -0.39 is 5.92 Å². The van der Waals surface area contributed by atoms with Gasteiger partial charge in [0, 0.05) is 0 Å². The molecule has 88 valence electrons. The van der Waals surface area contributed by atoms with Crippen molar-refractivity contribution in [2.24, 2.45) is 5.92 Å². The smallest absolute Gasteiger partial charge is 0.183 e. The molecule has 0 N–H and O–H groups in total. The monoisotopic (exact) mass is 231 g/mol. The molecule has 17 heavy (non-hydrogen) atoms. The van der Waals surface area contributed by atoms with Crippen LogP contribution in [0.25, 0.3) is 0 Å². The van der Waals surface area contributed by atoms with Gasteiger partial charge in [0.25, 0.3) is 0 Å². The molecule has 4 nitrogen and oxygen atoms in total. The van der Waals surface area contributed by atoms with Crippen molar-refractivity contribution in [3.05, 3.63) is 23.8 Å². The summed E-state index contributed by atoms with van der Waals surface area (Å²) >= 11 is 0. The van der Waals surface area contributed by atoms with Gasteiger partial charge in [-0.15, -0.1) is 0 Å². The normalized spacial score (nSPS) is 14.8. The molecule has 1 unspecified atom stereocenters. The Kier molecular flexibility index (Phi) is 3.29. The van der Waals surface area contributed by atoms with Gasteiger partial charge in [-0.25, -0.2) is 0 Å². The van der Waals surface area contributed by atoms with Crippen LogP contribution in [0.5, 0.6) is 11.5 Å². The maximum Gasteiger partial charge on any atom is 0.183 e. The summed E-state index contributed by atoms with van der Waals surface area (Å²) in [6.07, 6.45) is 0.500. The highest BCUT2D eigenvalue weighted by Crippen LogP contribution is 2.35. The van der Waals surface area contributed by atoms with E-state index in [2.05, 4.69) is 0 Å². The van der Waals surface area contributed by atoms with Crippen LogP contribution in [0, 0.1) is 17.2 Å². The highest BCUT2D eigenvalue weighted by molar-refractivity contribution is 6.02. The van der Waals surface area contributed by atoms with Crippen molar-refractivity contribution in [3.8, 4) is 17.6 Å². The molecule has 0 saturated carbocycles. The first-order valence-electron chi connectivity index (χ1n) is 5.60. The third-order valence-corrected chi connectivity index (χ3v) is 2.71. The molecule has 0 bridgehead atoms. The van der Waals surface area contributed by atoms with Crippen LogP contribution in [-0.4, -0.2) is 19.0 Å². The molecule has 0 amide bonds. The zero-order valence-electron chi connectivity index (χ0n) is 9.60. The lowest BCUT2D eigenvalue weighted by Gasteiger charge is -2.20. The van der Waals surface area contributed by atoms with Crippen LogP contribution in [0.4, 0.5) is 0 Å². The van der Waals surface area contributed by atoms with Gasteiger partial charge in [0.15, 0.2) is 17.3 Å². The summed E-state index contributed by atoms with van der Waals surface area (Å²) < 4.78 is 10.9. The van der Waals surface area contributed by atoms with Gasteiger partial charge in [0.1, 0.15) is 19.1 Å². The van der Waals surface area contributed by atoms with E-state index in [0.29, 0.717) is 36.7 Å². The fourth-order valence-corrected chi connectivity index (χ4v) is 1.79. The molecule has 1 aromatic carbocycles. The van der Waals surface area contributed by atoms with Gasteiger partial charge in [-0.1, -0.05) is 13.0 Å². The third kappa shape index (κ3) is 2.09. The number of carbonyl (C=O) groups is 1. The van der Waals surface area contributed by atoms with Crippen LogP contribution in [0.3, 0.4) is 0 Å². The lowest BCUT2D eigenvalue weighted by atomic mass is 9.95. The maximum atomic E-state index is 12.1. The second-order valence-electron chi connectivity index (χ2n) is 3.78. The summed E-state index contributed by atoms with van der Waals surface area (Å²) in [7, 11) is 0. The number of nitrogens with zero attached hydrogens (tertiary/aromatic N) is 1. The Hall–Kier alpha value is -2.02. The zero-order chi connectivity index (χ0) is 12.3. The van der Waals surface area contributed by atoms with Crippen molar-refractivity contribution < 1.29 is 14.3 Å². The van der Waals surface area contributed by atoms with Crippen LogP contribution in [-0.2, 0) is 0 Å². The Morgan fingerprint density at radius 2 is 2.24 bits per heavy atom. The first-order chi connectivity index (χ1) is 8.27. The van der Waals surface area contributed by atoms with Gasteiger partial charge < -0.3 is 9.47 Å². The predicted octanol–water partition coefficient (Wildman–Crippen LogP) is 2.19. The minimum Gasteiger partial charge on any atom is -0.486 e. The standard InChI is InChI=1S/C13H13NO3/c1-2-9(8-14)12(15)10-4-3-5-11-13(10)17-7-6-16-11/h3-5,9H,2,6-7H2,1H3. The maximum absolute atomic E-state index is 12.1. The summed E-state index contributed by atoms with van der Waals surface area (Å²) in [6, 6.07) is 7.19. The first kappa shape index (κ1) is 11.5. The average molecular weight is 231 g/mol. The second kappa shape index (κ2) is 4.88. The van der Waals surface area contributed by atoms with E-state index in [1.165, 1.54) is 0 Å². The van der Waals surface area contributed by atoms with Crippen LogP contribution in [0.1, 0.15) is 23.7 Å². The zero-order valence-corrected chi connectivity index (χ0v) is 9.60. The molecule has 1 aliphatic rings. The summed E-state index contributed by atoms with van der Waals surface area (Å²) in [5, 5.41) is 8.92. The fourth-order valence-electron chi connectivity index (χ4n) is 1.79. The number of ether oxygens (including phenoxy) is 2. The molecule has 0 spiro atoms. The second-order valence-corrected chi connectivity index (χ2v) is 3.78. The average Bonchev–Trinajstić information content (AvgIpc) is 2.39. The highest BCUT2D eigenvalue weighted by Gasteiger charge is 2.25. The Balaban J connectivity index is 2.39. The molecule has 0 aliphatic carbocycles. The number of rotatable bonds is 3. The quantitative estimate of drug-likeness (QED) is 0.748. The number of hydrogen-bond donors (Lipinski definition) is 0. The molecular formula is C13H13NO3. The van der Waals surface area contributed by atoms with Gasteiger partial charge in [-0.2, -0.15) is 5.26 Å². The van der Waals surface area contributed by atoms with E-state index in [4.69, 9.17) is 14.7 Å². The van der Waals surface area contributed by atoms with Crippen molar-refractivity contribution in [3.63, 3.8) is 0 Å². The number of para-hydroxylation sites is 1. The topological polar surface area (TPSA) is 59.3 Å². The summed E-state index contributed by atoms with van der Waals surface area (Å²) in [5.41, 5.74) is 0.440. The van der Waals surface area contributed by atoms with Crippen molar-refractivity contribution in [2.45, 2.75) is 13.3 Å². The molecule has 0 aromatic heterocycles. The summed E-state index contributed by atoms with van der Waals surface area (Å²) in [4.78, 5) is 12.1. The van der Waals surface area contributed by atoms with Crippen molar-refractivity contribution in [2.75, 3.05) is 13.2 Å². The fraction of sp³-hybridized carbons (Fsp3) is 0.385. The van der Waals surface area contributed by atoms with Crippen LogP contribution >= 0.6 is 0 Å². The number of carbonyl (C=O) groups excluding carboxylic acids is 1. The molecule has 1 aromatic rings. The Labute approximate surface area is 99.8 Å². The largest absolute Gasteiger partial charge is 0.486 e. The highest BCUT2D eigenvalue weighted by atomic mass is 16.6. The van der Waals surface area contributed by atoms with Crippen molar-refractivity contribution in [1.29, 1.82) is 5.26 Å². The van der Waals surface area contributed by atoms with Gasteiger partial charge in [-0.05, 0) is 18.6 Å². The Morgan fingerprint density at radius 3 is 2.94 bits per heavy atom. The number of nitriles is 1. The first-order valence-corrected chi connectivity index (χ1v) is 5.60. The molecule has 0 fully saturated rings. The Morgan fingerprint density at radius 1 is 1.47 bits per heavy atom. The minimum atomic E-state index is -0.618. The van der Waals surface area contributed by atoms with E-state index in [1.54, 1.807) is 18.2 Å². The van der Waals surface area contributed by atoms with Crippen LogP contribution < -0.4 is 9.47 Å². The number of hydrogen-bond acceptors (Lipinski definition) is 4. The van der Waals surface area contributed by atoms with Gasteiger partial charge >= 0.3 is 0 Å². The lowest BCUT2D eigenvalue weighted by molar-refractivity contribution is 0.0935. The predicted molar refractivity (Wildman–Crippen MR) is 61.2 cm³/mol. The number of benzene rings is 1. The molecule has 4 heteroatoms. The Bertz CT molecular complexity index is 476. The number of ketones is 1. The lowest BCUT2D eigenvalue weighted by Crippen LogP contribution is -2.20. The molecule has 1 aliphatic heterocycles. The third-order valence-electron chi connectivity index (χ3n) is 2.71. The molecule has 2 rings (SSSR count). The SMILES string of the molecule is CCC(C#N)C(=O)c1cccc2c1OCCO2. The van der Waals surface area contributed by atoms with E-state index in [0.717, 1.165) is 0 Å². The van der Waals surface area contributed by atoms with E-state index in [1.807, 2.05) is 13.0 Å². The molecule has 1 heterocycles. The van der Waals surface area contributed by atoms with Crippen LogP contribution in [0.15, 0.2) is 18.2 Å². The molecule has 0 radical (unpaired) electrons. The summed E-state index contributed by atoms with van der Waals surface area (Å²) in [5.74, 6) is 0.233. The summed E-state index contributed by atoms with van der Waals surface area (Å²) in [6.45, 7) is 2.74. The molecule has 1 atom stereocenters. The number of fused-ring (bicyclic) bond motifs is 1. The van der Waals surface area contributed by atoms with Gasteiger partial charge in [0.2, 0.25) is 0 Å². The van der Waals surface area contributed by atoms with Gasteiger partial charge in [-0.3, -0.25) is 4.79 Å². The van der Waals surface area contributed by atoms with E-state index >= 15 is 0 Å². The van der Waals surface area contributed by atoms with Crippen molar-refractivity contribution in [1.82, 2.24) is 0 Å². The molecule has 0 saturated heterocycles. The minimum absolute atomic E-state index is 0.197. The van der Waals surface area contributed by atoms with Gasteiger partial charge in [0.05, 0.1) is 11.6 Å². The molecular weight excluding hydrogens is 218 g/mol. The van der Waals surface area contributed by atoms with Crippen LogP contribution in [0.2, 0.25) is 0 Å². The number of Topliss-reactive ketones (excluding diaryl/α,β-unsaturated/α-hetero) is 1. The van der Waals surface area contributed by atoms with Crippen molar-refractivity contribution >= 4 is 5.78 Å². The van der Waals surface area contributed by atoms with E-state index in [9.17, 15) is 4.79 Å².